The lowest BCUT2D eigenvalue weighted by atomic mass is 10.2. The van der Waals surface area contributed by atoms with Crippen LogP contribution in [0.1, 0.15) is 47.0 Å². The summed E-state index contributed by atoms with van der Waals surface area (Å²) in [7, 11) is 1.68. The number of likely N-dealkylation sites (N-methyl/N-ethyl adjacent to an activating group) is 1. The highest BCUT2D eigenvalue weighted by molar-refractivity contribution is 5.67. The minimum Gasteiger partial charge on any atom is -0.444 e. The first-order valence-corrected chi connectivity index (χ1v) is 16.1. The lowest BCUT2D eigenvalue weighted by Gasteiger charge is -2.24. The first-order chi connectivity index (χ1) is 21.4. The molecule has 0 radical (unpaired) electrons. The van der Waals surface area contributed by atoms with E-state index in [9.17, 15) is 4.79 Å². The predicted molar refractivity (Wildman–Crippen MR) is 167 cm³/mol. The van der Waals surface area contributed by atoms with Crippen LogP contribution in [0.3, 0.4) is 0 Å². The molecule has 0 spiro atoms. The number of rotatable bonds is 34. The quantitative estimate of drug-likeness (QED) is 0.0960. The van der Waals surface area contributed by atoms with Gasteiger partial charge in [0, 0.05) is 20.2 Å². The number of nitrogens with zero attached hydrogens (tertiary/aromatic N) is 1. The van der Waals surface area contributed by atoms with Crippen molar-refractivity contribution in [3.63, 3.8) is 0 Å². The second kappa shape index (κ2) is 33.2. The molecule has 13 heteroatoms. The highest BCUT2D eigenvalue weighted by Crippen LogP contribution is 2.08. The van der Waals surface area contributed by atoms with Gasteiger partial charge in [0.05, 0.1) is 126 Å². The van der Waals surface area contributed by atoms with E-state index in [-0.39, 0.29) is 6.09 Å². The van der Waals surface area contributed by atoms with Gasteiger partial charge in [-0.2, -0.15) is 0 Å². The van der Waals surface area contributed by atoms with Crippen LogP contribution in [0.15, 0.2) is 0 Å². The molecule has 0 aromatic heterocycles. The minimum absolute atomic E-state index is 0.362. The second-order valence-electron chi connectivity index (χ2n) is 10.7. The molecule has 0 bridgehead atoms. The number of ether oxygens (including phenoxy) is 11. The molecule has 0 aliphatic heterocycles. The largest absolute Gasteiger partial charge is 0.444 e. The van der Waals surface area contributed by atoms with Gasteiger partial charge in [-0.05, 0) is 27.2 Å². The van der Waals surface area contributed by atoms with Crippen LogP contribution in [0.5, 0.6) is 0 Å². The monoisotopic (exact) mass is 641 g/mol. The zero-order valence-corrected chi connectivity index (χ0v) is 28.3. The molecule has 0 aromatic carbocycles. The number of unbranched alkanes of at least 4 members (excludes halogenated alkanes) is 2. The minimum atomic E-state index is -0.507. The highest BCUT2D eigenvalue weighted by atomic mass is 16.6. The summed E-state index contributed by atoms with van der Waals surface area (Å²) in [5, 5.41) is 0. The van der Waals surface area contributed by atoms with E-state index in [4.69, 9.17) is 52.1 Å². The zero-order chi connectivity index (χ0) is 32.4. The van der Waals surface area contributed by atoms with E-state index >= 15 is 0 Å². The van der Waals surface area contributed by atoms with Crippen LogP contribution in [0, 0.1) is 0 Å². The van der Waals surface area contributed by atoms with Crippen molar-refractivity contribution >= 4 is 6.09 Å². The van der Waals surface area contributed by atoms with Crippen LogP contribution in [0.25, 0.3) is 0 Å². The number of carbonyl (C=O) groups excluding carboxylic acids is 1. The van der Waals surface area contributed by atoms with Gasteiger partial charge in [0.15, 0.2) is 0 Å². The SMILES string of the molecule is CCCCCOCCOCCOCCOCCOCCOCCOCCOCCOCCOCCN(C)C(=O)OC(C)(C)C. The van der Waals surface area contributed by atoms with Crippen LogP contribution in [0.4, 0.5) is 4.79 Å². The van der Waals surface area contributed by atoms with Crippen LogP contribution < -0.4 is 0 Å². The second-order valence-corrected chi connectivity index (χ2v) is 10.7. The van der Waals surface area contributed by atoms with E-state index in [0.29, 0.717) is 132 Å². The molecule has 0 saturated heterocycles. The molecule has 0 aliphatic rings. The van der Waals surface area contributed by atoms with Crippen molar-refractivity contribution in [2.24, 2.45) is 0 Å². The van der Waals surface area contributed by atoms with Gasteiger partial charge in [-0.15, -0.1) is 0 Å². The third-order valence-electron chi connectivity index (χ3n) is 5.52. The number of carbonyl (C=O) groups is 1. The van der Waals surface area contributed by atoms with Crippen molar-refractivity contribution in [1.29, 1.82) is 0 Å². The van der Waals surface area contributed by atoms with Gasteiger partial charge in [0.1, 0.15) is 5.60 Å². The smallest absolute Gasteiger partial charge is 0.410 e. The Kier molecular flexibility index (Phi) is 32.4. The van der Waals surface area contributed by atoms with Crippen molar-refractivity contribution in [3.05, 3.63) is 0 Å². The van der Waals surface area contributed by atoms with Crippen molar-refractivity contribution < 1.29 is 56.9 Å². The van der Waals surface area contributed by atoms with Crippen LogP contribution in [-0.2, 0) is 52.1 Å². The summed E-state index contributed by atoms with van der Waals surface area (Å²) in [6.45, 7) is 18.7. The summed E-state index contributed by atoms with van der Waals surface area (Å²) in [4.78, 5) is 13.3. The van der Waals surface area contributed by atoms with Gasteiger partial charge in [0.2, 0.25) is 0 Å². The van der Waals surface area contributed by atoms with Crippen LogP contribution >= 0.6 is 0 Å². The molecule has 0 saturated carbocycles. The van der Waals surface area contributed by atoms with Crippen molar-refractivity contribution in [3.8, 4) is 0 Å². The van der Waals surface area contributed by atoms with E-state index in [1.807, 2.05) is 20.8 Å². The standard InChI is InChI=1S/C31H63NO12/c1-6-7-8-10-34-12-14-36-16-18-38-20-22-40-24-26-42-28-29-43-27-25-41-23-21-39-19-17-37-15-13-35-11-9-32(5)30(33)44-31(2,3)4/h6-29H2,1-5H3. The maximum Gasteiger partial charge on any atom is 0.410 e. The van der Waals surface area contributed by atoms with Gasteiger partial charge < -0.3 is 57.0 Å². The normalized spacial score (nSPS) is 11.8. The van der Waals surface area contributed by atoms with Crippen LogP contribution in [-0.4, -0.2) is 162 Å². The highest BCUT2D eigenvalue weighted by Gasteiger charge is 2.19. The lowest BCUT2D eigenvalue weighted by Crippen LogP contribution is -2.36. The molecule has 0 N–H and O–H groups in total. The number of hydrogen-bond donors (Lipinski definition) is 0. The van der Waals surface area contributed by atoms with E-state index < -0.39 is 5.60 Å². The summed E-state index contributed by atoms with van der Waals surface area (Å²) >= 11 is 0. The Balaban J connectivity index is 3.14. The Hall–Kier alpha value is -1.13. The van der Waals surface area contributed by atoms with E-state index in [1.165, 1.54) is 17.7 Å². The Morgan fingerprint density at radius 3 is 1.00 bits per heavy atom. The average Bonchev–Trinajstić information content (AvgIpc) is 2.98. The summed E-state index contributed by atoms with van der Waals surface area (Å²) in [5.41, 5.74) is -0.507. The summed E-state index contributed by atoms with van der Waals surface area (Å²) in [6, 6.07) is 0. The third-order valence-corrected chi connectivity index (χ3v) is 5.52. The zero-order valence-electron chi connectivity index (χ0n) is 28.3. The van der Waals surface area contributed by atoms with Crippen molar-refractivity contribution in [2.75, 3.05) is 146 Å². The van der Waals surface area contributed by atoms with Gasteiger partial charge in [-0.1, -0.05) is 19.8 Å². The fourth-order valence-electron chi connectivity index (χ4n) is 3.17. The molecule has 0 rings (SSSR count). The first kappa shape index (κ1) is 42.9. The molecule has 0 heterocycles. The molecule has 264 valence electrons. The molecule has 0 atom stereocenters. The molecular weight excluding hydrogens is 578 g/mol. The topological polar surface area (TPSA) is 122 Å². The Bertz CT molecular complexity index is 594. The Morgan fingerprint density at radius 2 is 0.727 bits per heavy atom. The molecule has 0 unspecified atom stereocenters. The lowest BCUT2D eigenvalue weighted by molar-refractivity contribution is -0.0267. The van der Waals surface area contributed by atoms with Crippen molar-refractivity contribution in [1.82, 2.24) is 4.90 Å². The van der Waals surface area contributed by atoms with Gasteiger partial charge in [0.25, 0.3) is 0 Å². The average molecular weight is 642 g/mol. The van der Waals surface area contributed by atoms with E-state index in [1.54, 1.807) is 7.05 Å². The molecule has 0 aliphatic carbocycles. The van der Waals surface area contributed by atoms with Crippen LogP contribution in [0.2, 0.25) is 0 Å². The summed E-state index contributed by atoms with van der Waals surface area (Å²) in [6.07, 6.45) is 3.18. The third kappa shape index (κ3) is 35.4. The Labute approximate surface area is 266 Å². The van der Waals surface area contributed by atoms with E-state index in [2.05, 4.69) is 6.92 Å². The summed E-state index contributed by atoms with van der Waals surface area (Å²) in [5.74, 6) is 0. The fourth-order valence-corrected chi connectivity index (χ4v) is 3.17. The molecule has 1 amide bonds. The molecule has 0 fully saturated rings. The van der Waals surface area contributed by atoms with Gasteiger partial charge in [-0.3, -0.25) is 0 Å². The fraction of sp³-hybridized carbons (Fsp3) is 0.968. The molecular formula is C31H63NO12. The summed E-state index contributed by atoms with van der Waals surface area (Å²) < 4.78 is 60.0. The maximum absolute atomic E-state index is 11.8. The first-order valence-electron chi connectivity index (χ1n) is 16.1. The molecule has 13 nitrogen and oxygen atoms in total. The van der Waals surface area contributed by atoms with E-state index in [0.717, 1.165) is 13.0 Å². The van der Waals surface area contributed by atoms with Gasteiger partial charge >= 0.3 is 6.09 Å². The molecule has 44 heavy (non-hydrogen) atoms. The predicted octanol–water partition coefficient (Wildman–Crippen LogP) is 3.21. The number of hydrogen-bond acceptors (Lipinski definition) is 12. The maximum atomic E-state index is 11.8. The van der Waals surface area contributed by atoms with Crippen molar-refractivity contribution in [2.45, 2.75) is 52.6 Å². The van der Waals surface area contributed by atoms with Gasteiger partial charge in [-0.25, -0.2) is 4.79 Å². The number of amides is 1. The molecule has 0 aromatic rings. The Morgan fingerprint density at radius 1 is 0.455 bits per heavy atom.